The van der Waals surface area contributed by atoms with Crippen LogP contribution < -0.4 is 11.1 Å². The van der Waals surface area contributed by atoms with Gasteiger partial charge in [-0.25, -0.2) is 4.98 Å². The fraction of sp³-hybridized carbons (Fsp3) is 0.0690. The van der Waals surface area contributed by atoms with Gasteiger partial charge in [-0.05, 0) is 48.4 Å². The SMILES string of the molecule is Nc1n[nH]c2cc(-c3nc([C@H](Cc4ccccc4)NC(=O)C=Cc4cc(Cl)ccc4-n4nccn4)[nH]c3Cl)ccc12. The number of nitrogen functional groups attached to an aromatic ring is 1. The summed E-state index contributed by atoms with van der Waals surface area (Å²) in [6.45, 7) is 0. The molecule has 0 saturated heterocycles. The van der Waals surface area contributed by atoms with Gasteiger partial charge < -0.3 is 16.0 Å². The second kappa shape index (κ2) is 11.3. The molecular formula is C29H23Cl2N9O. The first-order valence-corrected chi connectivity index (χ1v) is 13.4. The number of hydrogen-bond acceptors (Lipinski definition) is 6. The molecule has 0 bridgehead atoms. The third-order valence-electron chi connectivity index (χ3n) is 6.51. The van der Waals surface area contributed by atoms with Crippen LogP contribution in [0.1, 0.15) is 23.0 Å². The third-order valence-corrected chi connectivity index (χ3v) is 7.02. The number of carbonyl (C=O) groups is 1. The molecule has 1 atom stereocenters. The van der Waals surface area contributed by atoms with Crippen molar-refractivity contribution >= 4 is 51.9 Å². The van der Waals surface area contributed by atoms with Crippen LogP contribution in [-0.4, -0.2) is 41.1 Å². The van der Waals surface area contributed by atoms with Crippen LogP contribution in [0.4, 0.5) is 5.82 Å². The van der Waals surface area contributed by atoms with Crippen LogP contribution in [0.3, 0.4) is 0 Å². The van der Waals surface area contributed by atoms with Gasteiger partial charge in [0.25, 0.3) is 0 Å². The van der Waals surface area contributed by atoms with E-state index < -0.39 is 6.04 Å². The van der Waals surface area contributed by atoms with Crippen molar-refractivity contribution in [2.45, 2.75) is 12.5 Å². The Morgan fingerprint density at radius 1 is 1.05 bits per heavy atom. The van der Waals surface area contributed by atoms with Gasteiger partial charge in [0.2, 0.25) is 5.91 Å². The maximum atomic E-state index is 13.2. The molecule has 5 N–H and O–H groups in total. The lowest BCUT2D eigenvalue weighted by Gasteiger charge is -2.16. The molecule has 6 rings (SSSR count). The summed E-state index contributed by atoms with van der Waals surface area (Å²) in [5.74, 6) is 0.613. The molecule has 6 aromatic rings. The Kier molecular flexibility index (Phi) is 7.24. The number of imidazole rings is 1. The monoisotopic (exact) mass is 583 g/mol. The van der Waals surface area contributed by atoms with E-state index in [0.29, 0.717) is 45.2 Å². The van der Waals surface area contributed by atoms with Crippen LogP contribution in [0.25, 0.3) is 33.9 Å². The van der Waals surface area contributed by atoms with E-state index in [2.05, 4.69) is 30.7 Å². The standard InChI is InChI=1S/C29H23Cl2N9O/c30-20-8-10-24(40-33-12-13-34-40)18(15-20)7-11-25(41)35-23(14-17-4-2-1-3-5-17)29-36-26(27(31)37-29)19-6-9-21-22(16-19)38-39-28(21)32/h1-13,15-16,23H,14H2,(H,35,41)(H,36,37)(H3,32,38,39)/t23-/m0/s1. The zero-order valence-corrected chi connectivity index (χ0v) is 22.9. The zero-order chi connectivity index (χ0) is 28.3. The van der Waals surface area contributed by atoms with Crippen LogP contribution >= 0.6 is 23.2 Å². The second-order valence-electron chi connectivity index (χ2n) is 9.26. The number of nitrogens with zero attached hydrogens (tertiary/aromatic N) is 5. The number of fused-ring (bicyclic) bond motifs is 1. The van der Waals surface area contributed by atoms with Crippen molar-refractivity contribution < 1.29 is 4.79 Å². The number of amides is 1. The summed E-state index contributed by atoms with van der Waals surface area (Å²) in [7, 11) is 0. The van der Waals surface area contributed by atoms with Crippen LogP contribution in [-0.2, 0) is 11.2 Å². The highest BCUT2D eigenvalue weighted by atomic mass is 35.5. The maximum Gasteiger partial charge on any atom is 0.244 e. The Morgan fingerprint density at radius 3 is 2.66 bits per heavy atom. The molecule has 0 fully saturated rings. The lowest BCUT2D eigenvalue weighted by atomic mass is 10.1. The van der Waals surface area contributed by atoms with Gasteiger partial charge in [-0.15, -0.1) is 0 Å². The van der Waals surface area contributed by atoms with Gasteiger partial charge in [0.05, 0.1) is 29.6 Å². The summed E-state index contributed by atoms with van der Waals surface area (Å²) in [6.07, 6.45) is 6.76. The Hall–Kier alpha value is -4.93. The molecule has 0 radical (unpaired) electrons. The average Bonchev–Trinajstić information content (AvgIpc) is 3.73. The molecule has 0 aliphatic rings. The fourth-order valence-corrected chi connectivity index (χ4v) is 4.97. The maximum absolute atomic E-state index is 13.2. The number of H-pyrrole nitrogens is 2. The van der Waals surface area contributed by atoms with Crippen molar-refractivity contribution in [3.05, 3.63) is 112 Å². The van der Waals surface area contributed by atoms with Gasteiger partial charge in [0, 0.05) is 27.6 Å². The first-order valence-electron chi connectivity index (χ1n) is 12.6. The number of anilines is 1. The van der Waals surface area contributed by atoms with Gasteiger partial charge in [0.1, 0.15) is 16.7 Å². The van der Waals surface area contributed by atoms with E-state index in [4.69, 9.17) is 33.9 Å². The molecule has 41 heavy (non-hydrogen) atoms. The minimum absolute atomic E-state index is 0.325. The molecule has 0 aliphatic carbocycles. The minimum atomic E-state index is -0.501. The predicted molar refractivity (Wildman–Crippen MR) is 160 cm³/mol. The molecule has 0 saturated carbocycles. The number of hydrogen-bond donors (Lipinski definition) is 4. The number of carbonyl (C=O) groups excluding carboxylic acids is 1. The Labute approximate surface area is 244 Å². The molecule has 204 valence electrons. The van der Waals surface area contributed by atoms with Crippen LogP contribution in [0.5, 0.6) is 0 Å². The molecule has 12 heteroatoms. The quantitative estimate of drug-likeness (QED) is 0.173. The Balaban J connectivity index is 1.29. The highest BCUT2D eigenvalue weighted by molar-refractivity contribution is 6.32. The largest absolute Gasteiger partial charge is 0.382 e. The summed E-state index contributed by atoms with van der Waals surface area (Å²) in [5, 5.41) is 20.1. The average molecular weight is 584 g/mol. The summed E-state index contributed by atoms with van der Waals surface area (Å²) in [6, 6.07) is 20.2. The smallest absolute Gasteiger partial charge is 0.244 e. The summed E-state index contributed by atoms with van der Waals surface area (Å²) >= 11 is 12.8. The first-order chi connectivity index (χ1) is 19.9. The molecule has 0 aliphatic heterocycles. The van der Waals surface area contributed by atoms with E-state index in [1.54, 1.807) is 36.7 Å². The van der Waals surface area contributed by atoms with E-state index in [9.17, 15) is 4.79 Å². The van der Waals surface area contributed by atoms with Crippen molar-refractivity contribution in [3.63, 3.8) is 0 Å². The van der Waals surface area contributed by atoms with Crippen molar-refractivity contribution in [1.82, 2.24) is 40.5 Å². The number of aromatic amines is 2. The molecule has 3 aromatic carbocycles. The van der Waals surface area contributed by atoms with Gasteiger partial charge >= 0.3 is 0 Å². The summed E-state index contributed by atoms with van der Waals surface area (Å²) < 4.78 is 0. The second-order valence-corrected chi connectivity index (χ2v) is 10.1. The molecule has 3 heterocycles. The molecule has 0 unspecified atom stereocenters. The van der Waals surface area contributed by atoms with E-state index in [0.717, 1.165) is 22.0 Å². The lowest BCUT2D eigenvalue weighted by molar-refractivity contribution is -0.117. The molecule has 0 spiro atoms. The van der Waals surface area contributed by atoms with Gasteiger partial charge in [-0.3, -0.25) is 9.89 Å². The van der Waals surface area contributed by atoms with E-state index in [-0.39, 0.29) is 5.91 Å². The van der Waals surface area contributed by atoms with Crippen molar-refractivity contribution in [2.24, 2.45) is 0 Å². The number of rotatable bonds is 8. The van der Waals surface area contributed by atoms with Gasteiger partial charge in [-0.1, -0.05) is 59.6 Å². The molecular weight excluding hydrogens is 561 g/mol. The van der Waals surface area contributed by atoms with Crippen LogP contribution in [0.2, 0.25) is 10.2 Å². The molecule has 3 aromatic heterocycles. The summed E-state index contributed by atoms with van der Waals surface area (Å²) in [4.78, 5) is 22.6. The Morgan fingerprint density at radius 2 is 1.85 bits per heavy atom. The zero-order valence-electron chi connectivity index (χ0n) is 21.4. The third kappa shape index (κ3) is 5.69. The van der Waals surface area contributed by atoms with Gasteiger partial charge in [0.15, 0.2) is 5.82 Å². The van der Waals surface area contributed by atoms with E-state index in [1.165, 1.54) is 10.9 Å². The number of nitrogens with two attached hydrogens (primary N) is 1. The predicted octanol–water partition coefficient (Wildman–Crippen LogP) is 5.54. The number of halogens is 2. The highest BCUT2D eigenvalue weighted by Gasteiger charge is 2.21. The summed E-state index contributed by atoms with van der Waals surface area (Å²) in [5.41, 5.74) is 10.4. The lowest BCUT2D eigenvalue weighted by Crippen LogP contribution is -2.29. The normalized spacial score (nSPS) is 12.2. The van der Waals surface area contributed by atoms with Crippen molar-refractivity contribution in [3.8, 4) is 16.9 Å². The van der Waals surface area contributed by atoms with Gasteiger partial charge in [-0.2, -0.15) is 20.1 Å². The van der Waals surface area contributed by atoms with Crippen LogP contribution in [0, 0.1) is 0 Å². The van der Waals surface area contributed by atoms with E-state index in [1.807, 2.05) is 48.5 Å². The minimum Gasteiger partial charge on any atom is -0.382 e. The highest BCUT2D eigenvalue weighted by Crippen LogP contribution is 2.31. The topological polar surface area (TPSA) is 143 Å². The number of benzene rings is 3. The number of nitrogens with one attached hydrogen (secondary N) is 3. The molecule has 10 nitrogen and oxygen atoms in total. The fourth-order valence-electron chi connectivity index (χ4n) is 4.55. The number of aromatic nitrogens is 7. The van der Waals surface area contributed by atoms with E-state index >= 15 is 0 Å². The van der Waals surface area contributed by atoms with Crippen molar-refractivity contribution in [2.75, 3.05) is 5.73 Å². The van der Waals surface area contributed by atoms with Crippen LogP contribution in [0.15, 0.2) is 85.2 Å². The Bertz CT molecular complexity index is 1860. The van der Waals surface area contributed by atoms with Crippen molar-refractivity contribution in [1.29, 1.82) is 0 Å². The first kappa shape index (κ1) is 26.3. The molecule has 1 amide bonds.